The molecule has 108 valence electrons. The fourth-order valence-electron chi connectivity index (χ4n) is 2.04. The van der Waals surface area contributed by atoms with Crippen molar-refractivity contribution < 1.29 is 13.9 Å². The molecule has 0 aliphatic rings. The van der Waals surface area contributed by atoms with Gasteiger partial charge in [-0.05, 0) is 31.9 Å². The Bertz CT molecular complexity index is 371. The smallest absolute Gasteiger partial charge is 0.131 e. The Morgan fingerprint density at radius 2 is 2.11 bits per heavy atom. The van der Waals surface area contributed by atoms with Crippen molar-refractivity contribution in [1.82, 2.24) is 5.32 Å². The number of hydrogen-bond donors (Lipinski definition) is 1. The van der Waals surface area contributed by atoms with Gasteiger partial charge in [-0.1, -0.05) is 13.0 Å². The van der Waals surface area contributed by atoms with Crippen LogP contribution in [0.4, 0.5) is 4.39 Å². The highest BCUT2D eigenvalue weighted by Gasteiger charge is 2.15. The average molecular weight is 269 g/mol. The second-order valence-electron chi connectivity index (χ2n) is 4.53. The number of rotatable bonds is 9. The molecule has 1 unspecified atom stereocenters. The predicted octanol–water partition coefficient (Wildman–Crippen LogP) is 3.30. The SMILES string of the molecule is CCCNC(CCCOC)c1ccc(OC)cc1F. The van der Waals surface area contributed by atoms with Gasteiger partial charge in [0, 0.05) is 31.4 Å². The largest absolute Gasteiger partial charge is 0.497 e. The summed E-state index contributed by atoms with van der Waals surface area (Å²) in [5.41, 5.74) is 0.699. The molecule has 1 N–H and O–H groups in total. The first-order valence-electron chi connectivity index (χ1n) is 6.78. The highest BCUT2D eigenvalue weighted by atomic mass is 19.1. The number of halogens is 1. The predicted molar refractivity (Wildman–Crippen MR) is 75.1 cm³/mol. The van der Waals surface area contributed by atoms with E-state index in [4.69, 9.17) is 9.47 Å². The summed E-state index contributed by atoms with van der Waals surface area (Å²) in [5, 5.41) is 3.39. The number of methoxy groups -OCH3 is 2. The highest BCUT2D eigenvalue weighted by Crippen LogP contribution is 2.25. The minimum atomic E-state index is -0.217. The second-order valence-corrected chi connectivity index (χ2v) is 4.53. The normalized spacial score (nSPS) is 12.4. The first kappa shape index (κ1) is 15.9. The third-order valence-electron chi connectivity index (χ3n) is 3.07. The van der Waals surface area contributed by atoms with Crippen molar-refractivity contribution in [2.75, 3.05) is 27.4 Å². The molecule has 0 heterocycles. The molecule has 1 aromatic carbocycles. The van der Waals surface area contributed by atoms with Crippen LogP contribution in [0, 0.1) is 5.82 Å². The Labute approximate surface area is 115 Å². The summed E-state index contributed by atoms with van der Waals surface area (Å²) in [6, 6.07) is 5.07. The van der Waals surface area contributed by atoms with Gasteiger partial charge in [0.05, 0.1) is 7.11 Å². The average Bonchev–Trinajstić information content (AvgIpc) is 2.43. The van der Waals surface area contributed by atoms with Gasteiger partial charge in [0.15, 0.2) is 0 Å². The van der Waals surface area contributed by atoms with Crippen LogP contribution >= 0.6 is 0 Å². The standard InChI is InChI=1S/C15H24FNO2/c1-4-9-17-15(6-5-10-18-2)13-8-7-12(19-3)11-14(13)16/h7-8,11,15,17H,4-6,9-10H2,1-3H3. The number of benzene rings is 1. The molecule has 0 aliphatic carbocycles. The van der Waals surface area contributed by atoms with Crippen molar-refractivity contribution in [3.05, 3.63) is 29.6 Å². The topological polar surface area (TPSA) is 30.5 Å². The van der Waals surface area contributed by atoms with Crippen molar-refractivity contribution in [3.8, 4) is 5.75 Å². The Morgan fingerprint density at radius 3 is 2.68 bits per heavy atom. The Kier molecular flexibility index (Phi) is 7.45. The lowest BCUT2D eigenvalue weighted by atomic mass is 10.0. The maximum absolute atomic E-state index is 14.1. The first-order valence-corrected chi connectivity index (χ1v) is 6.78. The lowest BCUT2D eigenvalue weighted by Gasteiger charge is -2.20. The van der Waals surface area contributed by atoms with Crippen LogP contribution in [0.15, 0.2) is 18.2 Å². The summed E-state index contributed by atoms with van der Waals surface area (Å²) in [6.45, 7) is 3.68. The van der Waals surface area contributed by atoms with E-state index in [1.807, 2.05) is 0 Å². The van der Waals surface area contributed by atoms with E-state index >= 15 is 0 Å². The van der Waals surface area contributed by atoms with E-state index in [-0.39, 0.29) is 11.9 Å². The van der Waals surface area contributed by atoms with Crippen LogP contribution in [0.5, 0.6) is 5.75 Å². The molecule has 0 radical (unpaired) electrons. The van der Waals surface area contributed by atoms with E-state index in [9.17, 15) is 4.39 Å². The fourth-order valence-corrected chi connectivity index (χ4v) is 2.04. The molecule has 0 amide bonds. The molecule has 0 saturated carbocycles. The molecule has 19 heavy (non-hydrogen) atoms. The molecule has 0 aromatic heterocycles. The lowest BCUT2D eigenvalue weighted by Crippen LogP contribution is -2.23. The van der Waals surface area contributed by atoms with Crippen LogP contribution in [0.1, 0.15) is 37.8 Å². The van der Waals surface area contributed by atoms with Crippen molar-refractivity contribution in [3.63, 3.8) is 0 Å². The van der Waals surface area contributed by atoms with Crippen LogP contribution in [0.3, 0.4) is 0 Å². The number of hydrogen-bond acceptors (Lipinski definition) is 3. The van der Waals surface area contributed by atoms with Crippen molar-refractivity contribution >= 4 is 0 Å². The van der Waals surface area contributed by atoms with E-state index in [1.165, 1.54) is 6.07 Å². The van der Waals surface area contributed by atoms with Gasteiger partial charge in [-0.3, -0.25) is 0 Å². The van der Waals surface area contributed by atoms with E-state index in [2.05, 4.69) is 12.2 Å². The molecule has 3 nitrogen and oxygen atoms in total. The zero-order valence-corrected chi connectivity index (χ0v) is 12.0. The Balaban J connectivity index is 2.77. The van der Waals surface area contributed by atoms with Gasteiger partial charge in [0.25, 0.3) is 0 Å². The summed E-state index contributed by atoms with van der Waals surface area (Å²) in [4.78, 5) is 0. The first-order chi connectivity index (χ1) is 9.22. The van der Waals surface area contributed by atoms with Gasteiger partial charge in [-0.15, -0.1) is 0 Å². The molecule has 0 spiro atoms. The molecule has 1 aromatic rings. The third-order valence-corrected chi connectivity index (χ3v) is 3.07. The number of ether oxygens (including phenoxy) is 2. The molecule has 1 atom stereocenters. The zero-order valence-electron chi connectivity index (χ0n) is 12.0. The lowest BCUT2D eigenvalue weighted by molar-refractivity contribution is 0.188. The molecule has 0 fully saturated rings. The Hall–Kier alpha value is -1.13. The minimum absolute atomic E-state index is 0.0287. The summed E-state index contributed by atoms with van der Waals surface area (Å²) in [5.74, 6) is 0.331. The van der Waals surface area contributed by atoms with E-state index in [0.29, 0.717) is 17.9 Å². The van der Waals surface area contributed by atoms with Gasteiger partial charge < -0.3 is 14.8 Å². The van der Waals surface area contributed by atoms with Crippen LogP contribution in [-0.4, -0.2) is 27.4 Å². The molecule has 0 aliphatic heterocycles. The molecule has 0 bridgehead atoms. The summed E-state index contributed by atoms with van der Waals surface area (Å²) >= 11 is 0. The quantitative estimate of drug-likeness (QED) is 0.698. The van der Waals surface area contributed by atoms with Crippen LogP contribution in [0.2, 0.25) is 0 Å². The van der Waals surface area contributed by atoms with Crippen molar-refractivity contribution in [2.24, 2.45) is 0 Å². The van der Waals surface area contributed by atoms with Crippen molar-refractivity contribution in [2.45, 2.75) is 32.2 Å². The summed E-state index contributed by atoms with van der Waals surface area (Å²) in [6.07, 6.45) is 2.79. The number of nitrogens with one attached hydrogen (secondary N) is 1. The second kappa shape index (κ2) is 8.88. The van der Waals surface area contributed by atoms with E-state index in [1.54, 1.807) is 26.4 Å². The van der Waals surface area contributed by atoms with Gasteiger partial charge in [0.1, 0.15) is 11.6 Å². The fraction of sp³-hybridized carbons (Fsp3) is 0.600. The van der Waals surface area contributed by atoms with Gasteiger partial charge in [-0.25, -0.2) is 4.39 Å². The molecule has 0 saturated heterocycles. The van der Waals surface area contributed by atoms with E-state index < -0.39 is 0 Å². The maximum atomic E-state index is 14.1. The Morgan fingerprint density at radius 1 is 1.32 bits per heavy atom. The van der Waals surface area contributed by atoms with Gasteiger partial charge >= 0.3 is 0 Å². The highest BCUT2D eigenvalue weighted by molar-refractivity contribution is 5.30. The van der Waals surface area contributed by atoms with Crippen LogP contribution in [-0.2, 0) is 4.74 Å². The molecule has 4 heteroatoms. The van der Waals surface area contributed by atoms with Crippen LogP contribution in [0.25, 0.3) is 0 Å². The third kappa shape index (κ3) is 5.17. The maximum Gasteiger partial charge on any atom is 0.131 e. The molecular formula is C15H24FNO2. The summed E-state index contributed by atoms with van der Waals surface area (Å²) < 4.78 is 24.2. The van der Waals surface area contributed by atoms with Crippen molar-refractivity contribution in [1.29, 1.82) is 0 Å². The monoisotopic (exact) mass is 269 g/mol. The van der Waals surface area contributed by atoms with Gasteiger partial charge in [0.2, 0.25) is 0 Å². The zero-order chi connectivity index (χ0) is 14.1. The van der Waals surface area contributed by atoms with E-state index in [0.717, 1.165) is 25.8 Å². The summed E-state index contributed by atoms with van der Waals surface area (Å²) in [7, 11) is 3.22. The minimum Gasteiger partial charge on any atom is -0.497 e. The molecule has 1 rings (SSSR count). The molecular weight excluding hydrogens is 245 g/mol. The van der Waals surface area contributed by atoms with Crippen LogP contribution < -0.4 is 10.1 Å². The van der Waals surface area contributed by atoms with Gasteiger partial charge in [-0.2, -0.15) is 0 Å².